The molecule has 0 bridgehead atoms. The van der Waals surface area contributed by atoms with Crippen LogP contribution < -0.4 is 0 Å². The SMILES string of the molecule is Cc1cc(Sc2nc(Cl)nc(Cl)n2)n(C)n1. The van der Waals surface area contributed by atoms with Crippen molar-refractivity contribution < 1.29 is 0 Å². The Kier molecular flexibility index (Phi) is 3.32. The Balaban J connectivity index is 2.30. The van der Waals surface area contributed by atoms with Gasteiger partial charge >= 0.3 is 0 Å². The molecule has 0 N–H and O–H groups in total. The molecular weight excluding hydrogens is 269 g/mol. The Morgan fingerprint density at radius 3 is 2.31 bits per heavy atom. The lowest BCUT2D eigenvalue weighted by Crippen LogP contribution is -1.95. The summed E-state index contributed by atoms with van der Waals surface area (Å²) in [6, 6.07) is 1.93. The smallest absolute Gasteiger partial charge is 0.227 e. The maximum absolute atomic E-state index is 5.68. The Hall–Kier alpha value is -0.850. The van der Waals surface area contributed by atoms with E-state index in [4.69, 9.17) is 23.2 Å². The second kappa shape index (κ2) is 4.57. The van der Waals surface area contributed by atoms with E-state index in [0.29, 0.717) is 5.16 Å². The molecule has 2 aromatic rings. The predicted molar refractivity (Wildman–Crippen MR) is 61.9 cm³/mol. The van der Waals surface area contributed by atoms with Gasteiger partial charge in [0.15, 0.2) is 5.16 Å². The minimum atomic E-state index is 0.0846. The molecule has 0 aliphatic carbocycles. The molecule has 0 fully saturated rings. The maximum atomic E-state index is 5.68. The van der Waals surface area contributed by atoms with Crippen molar-refractivity contribution in [2.45, 2.75) is 17.1 Å². The number of rotatable bonds is 2. The summed E-state index contributed by atoms with van der Waals surface area (Å²) in [5.74, 6) is 0. The Bertz CT molecular complexity index is 507. The Morgan fingerprint density at radius 2 is 1.81 bits per heavy atom. The van der Waals surface area contributed by atoms with Gasteiger partial charge in [-0.15, -0.1) is 0 Å². The number of hydrogen-bond acceptors (Lipinski definition) is 5. The molecule has 16 heavy (non-hydrogen) atoms. The molecular formula is C8H7Cl2N5S. The van der Waals surface area contributed by atoms with E-state index < -0.39 is 0 Å². The summed E-state index contributed by atoms with van der Waals surface area (Å²) in [7, 11) is 1.85. The fourth-order valence-corrected chi connectivity index (χ4v) is 2.45. The van der Waals surface area contributed by atoms with Gasteiger partial charge in [-0.05, 0) is 48.0 Å². The van der Waals surface area contributed by atoms with Crippen LogP contribution in [-0.2, 0) is 7.05 Å². The van der Waals surface area contributed by atoms with E-state index in [2.05, 4.69) is 20.1 Å². The molecule has 8 heteroatoms. The van der Waals surface area contributed by atoms with Gasteiger partial charge in [-0.3, -0.25) is 4.68 Å². The number of nitrogens with zero attached hydrogens (tertiary/aromatic N) is 5. The third-order valence-corrected chi connectivity index (χ3v) is 3.01. The lowest BCUT2D eigenvalue weighted by Gasteiger charge is -2.00. The van der Waals surface area contributed by atoms with Gasteiger partial charge in [0.25, 0.3) is 0 Å². The molecule has 84 valence electrons. The van der Waals surface area contributed by atoms with Gasteiger partial charge in [0.1, 0.15) is 5.03 Å². The number of halogens is 2. The summed E-state index contributed by atoms with van der Waals surface area (Å²) in [6.07, 6.45) is 0. The first-order valence-electron chi connectivity index (χ1n) is 4.30. The van der Waals surface area contributed by atoms with Crippen molar-refractivity contribution in [1.82, 2.24) is 24.7 Å². The zero-order valence-electron chi connectivity index (χ0n) is 8.48. The number of aryl methyl sites for hydroxylation is 2. The van der Waals surface area contributed by atoms with E-state index in [9.17, 15) is 0 Å². The van der Waals surface area contributed by atoms with Gasteiger partial charge in [-0.2, -0.15) is 20.1 Å². The summed E-state index contributed by atoms with van der Waals surface area (Å²) in [4.78, 5) is 11.6. The lowest BCUT2D eigenvalue weighted by atomic mass is 10.5. The zero-order chi connectivity index (χ0) is 11.7. The second-order valence-corrected chi connectivity index (χ2v) is 4.67. The molecule has 2 aromatic heterocycles. The first-order valence-corrected chi connectivity index (χ1v) is 5.87. The van der Waals surface area contributed by atoms with E-state index in [1.807, 2.05) is 20.0 Å². The summed E-state index contributed by atoms with van der Waals surface area (Å²) in [6.45, 7) is 1.91. The van der Waals surface area contributed by atoms with E-state index in [1.54, 1.807) is 4.68 Å². The summed E-state index contributed by atoms with van der Waals surface area (Å²) in [5, 5.41) is 5.74. The molecule has 0 unspecified atom stereocenters. The summed E-state index contributed by atoms with van der Waals surface area (Å²) >= 11 is 12.7. The predicted octanol–water partition coefficient (Wildman–Crippen LogP) is 2.37. The highest BCUT2D eigenvalue weighted by atomic mass is 35.5. The van der Waals surface area contributed by atoms with E-state index in [1.165, 1.54) is 11.8 Å². The van der Waals surface area contributed by atoms with Gasteiger partial charge in [0.2, 0.25) is 10.6 Å². The van der Waals surface area contributed by atoms with Gasteiger partial charge < -0.3 is 0 Å². The van der Waals surface area contributed by atoms with Crippen molar-refractivity contribution in [2.24, 2.45) is 7.05 Å². The number of aromatic nitrogens is 5. The van der Waals surface area contributed by atoms with Crippen LogP contribution in [-0.4, -0.2) is 24.7 Å². The maximum Gasteiger partial charge on any atom is 0.227 e. The van der Waals surface area contributed by atoms with Crippen LogP contribution in [0.4, 0.5) is 0 Å². The monoisotopic (exact) mass is 275 g/mol. The number of hydrogen-bond donors (Lipinski definition) is 0. The molecule has 0 aromatic carbocycles. The van der Waals surface area contributed by atoms with E-state index in [0.717, 1.165) is 10.7 Å². The molecule has 5 nitrogen and oxygen atoms in total. The summed E-state index contributed by atoms with van der Waals surface area (Å²) < 4.78 is 1.74. The fraction of sp³-hybridized carbons (Fsp3) is 0.250. The van der Waals surface area contributed by atoms with Crippen LogP contribution >= 0.6 is 35.0 Å². The fourth-order valence-electron chi connectivity index (χ4n) is 1.13. The van der Waals surface area contributed by atoms with Crippen molar-refractivity contribution in [2.75, 3.05) is 0 Å². The van der Waals surface area contributed by atoms with Gasteiger partial charge in [0, 0.05) is 7.05 Å². The van der Waals surface area contributed by atoms with E-state index in [-0.39, 0.29) is 10.6 Å². The van der Waals surface area contributed by atoms with Crippen molar-refractivity contribution in [3.05, 3.63) is 22.3 Å². The average Bonchev–Trinajstić information content (AvgIpc) is 2.43. The topological polar surface area (TPSA) is 56.5 Å². The molecule has 2 heterocycles. The molecule has 0 aliphatic heterocycles. The quantitative estimate of drug-likeness (QED) is 0.842. The van der Waals surface area contributed by atoms with Crippen molar-refractivity contribution in [3.8, 4) is 0 Å². The van der Waals surface area contributed by atoms with Crippen LogP contribution in [0.3, 0.4) is 0 Å². The van der Waals surface area contributed by atoms with Crippen molar-refractivity contribution in [1.29, 1.82) is 0 Å². The van der Waals surface area contributed by atoms with Crippen molar-refractivity contribution >= 4 is 35.0 Å². The average molecular weight is 276 g/mol. The molecule has 0 saturated carbocycles. The third-order valence-electron chi connectivity index (χ3n) is 1.72. The normalized spacial score (nSPS) is 10.8. The molecule has 0 radical (unpaired) electrons. The lowest BCUT2D eigenvalue weighted by molar-refractivity contribution is 0.691. The van der Waals surface area contributed by atoms with Crippen LogP contribution in [0.5, 0.6) is 0 Å². The molecule has 0 spiro atoms. The highest BCUT2D eigenvalue weighted by Crippen LogP contribution is 2.25. The minimum Gasteiger partial charge on any atom is -0.261 e. The van der Waals surface area contributed by atoms with E-state index >= 15 is 0 Å². The molecule has 0 atom stereocenters. The molecule has 0 saturated heterocycles. The van der Waals surface area contributed by atoms with Gasteiger partial charge in [-0.1, -0.05) is 0 Å². The van der Waals surface area contributed by atoms with Crippen LogP contribution in [0.1, 0.15) is 5.69 Å². The molecule has 2 rings (SSSR count). The Labute approximate surface area is 106 Å². The molecule has 0 aliphatic rings. The highest BCUT2D eigenvalue weighted by Gasteiger charge is 2.09. The second-order valence-electron chi connectivity index (χ2n) is 3.01. The first-order chi connectivity index (χ1) is 7.54. The third kappa shape index (κ3) is 2.63. The Morgan fingerprint density at radius 1 is 1.19 bits per heavy atom. The standard InChI is InChI=1S/C8H7Cl2N5S/c1-4-3-5(15(2)14-4)16-8-12-6(9)11-7(10)13-8/h3H,1-2H3. The zero-order valence-corrected chi connectivity index (χ0v) is 10.8. The van der Waals surface area contributed by atoms with Gasteiger partial charge in [-0.25, -0.2) is 0 Å². The largest absolute Gasteiger partial charge is 0.261 e. The first kappa shape index (κ1) is 11.6. The molecule has 0 amide bonds. The van der Waals surface area contributed by atoms with Crippen LogP contribution in [0.15, 0.2) is 16.2 Å². The van der Waals surface area contributed by atoms with Crippen LogP contribution in [0, 0.1) is 6.92 Å². The van der Waals surface area contributed by atoms with Gasteiger partial charge in [0.05, 0.1) is 5.69 Å². The highest BCUT2D eigenvalue weighted by molar-refractivity contribution is 7.99. The summed E-state index contributed by atoms with van der Waals surface area (Å²) in [5.41, 5.74) is 0.927. The minimum absolute atomic E-state index is 0.0846. The van der Waals surface area contributed by atoms with Crippen LogP contribution in [0.25, 0.3) is 0 Å². The van der Waals surface area contributed by atoms with Crippen molar-refractivity contribution in [3.63, 3.8) is 0 Å². The van der Waals surface area contributed by atoms with Crippen LogP contribution in [0.2, 0.25) is 10.6 Å².